The highest BCUT2D eigenvalue weighted by Crippen LogP contribution is 2.35. The molecule has 2 nitrogen and oxygen atoms in total. The molecule has 0 spiro atoms. The molecule has 1 aromatic heterocycles. The average Bonchev–Trinajstić information content (AvgIpc) is 2.81. The van der Waals surface area contributed by atoms with Crippen molar-refractivity contribution < 1.29 is 4.42 Å². The quantitative estimate of drug-likeness (QED) is 0.654. The summed E-state index contributed by atoms with van der Waals surface area (Å²) in [4.78, 5) is 6.76. The highest BCUT2D eigenvalue weighted by molar-refractivity contribution is 7.99. The Balaban J connectivity index is 1.77. The molecule has 0 radical (unpaired) electrons. The van der Waals surface area contributed by atoms with Crippen molar-refractivity contribution in [2.45, 2.75) is 27.0 Å². The zero-order chi connectivity index (χ0) is 13.8. The average molecular weight is 299 g/mol. The van der Waals surface area contributed by atoms with E-state index in [4.69, 9.17) is 4.42 Å². The fourth-order valence-electron chi connectivity index (χ4n) is 1.68. The Morgan fingerprint density at radius 2 is 1.35 bits per heavy atom. The molecule has 20 heavy (non-hydrogen) atoms. The normalized spacial score (nSPS) is 10.7. The molecule has 0 amide bonds. The van der Waals surface area contributed by atoms with Gasteiger partial charge in [0.15, 0.2) is 5.09 Å². The monoisotopic (exact) mass is 299 g/mol. The predicted octanol–water partition coefficient (Wildman–Crippen LogP) is 5.29. The largest absolute Gasteiger partial charge is 0.424 e. The van der Waals surface area contributed by atoms with E-state index >= 15 is 0 Å². The lowest BCUT2D eigenvalue weighted by Crippen LogP contribution is -1.75. The van der Waals surface area contributed by atoms with Gasteiger partial charge in [-0.1, -0.05) is 48.2 Å². The van der Waals surface area contributed by atoms with Crippen LogP contribution < -0.4 is 0 Å². The first-order valence-corrected chi connectivity index (χ1v) is 7.88. The highest BCUT2D eigenvalue weighted by Gasteiger charge is 2.12. The zero-order valence-electron chi connectivity index (χ0n) is 10.9. The first kappa shape index (κ1) is 13.3. The molecule has 0 bridgehead atoms. The maximum Gasteiger partial charge on any atom is 0.261 e. The van der Waals surface area contributed by atoms with Crippen LogP contribution >= 0.6 is 23.5 Å². The van der Waals surface area contributed by atoms with E-state index in [1.807, 2.05) is 55.5 Å². The predicted molar refractivity (Wildman–Crippen MR) is 82.4 cm³/mol. The van der Waals surface area contributed by atoms with Crippen molar-refractivity contribution in [1.29, 1.82) is 0 Å². The Bertz CT molecular complexity index is 680. The molecular weight excluding hydrogens is 286 g/mol. The van der Waals surface area contributed by atoms with Crippen LogP contribution in [-0.4, -0.2) is 4.98 Å². The van der Waals surface area contributed by atoms with Crippen LogP contribution in [0.25, 0.3) is 0 Å². The number of benzene rings is 2. The van der Waals surface area contributed by atoms with Crippen LogP contribution in [0.1, 0.15) is 5.69 Å². The minimum Gasteiger partial charge on any atom is -0.424 e. The fraction of sp³-hybridized carbons (Fsp3) is 0.0625. The third kappa shape index (κ3) is 3.26. The van der Waals surface area contributed by atoms with Crippen molar-refractivity contribution in [3.63, 3.8) is 0 Å². The van der Waals surface area contributed by atoms with E-state index < -0.39 is 0 Å². The number of oxazole rings is 1. The van der Waals surface area contributed by atoms with Gasteiger partial charge in [-0.05, 0) is 43.0 Å². The molecule has 3 aromatic rings. The van der Waals surface area contributed by atoms with Crippen LogP contribution in [0.5, 0.6) is 0 Å². The van der Waals surface area contributed by atoms with Gasteiger partial charge in [0.25, 0.3) is 5.22 Å². The van der Waals surface area contributed by atoms with E-state index in [0.717, 1.165) is 20.6 Å². The van der Waals surface area contributed by atoms with E-state index in [9.17, 15) is 0 Å². The topological polar surface area (TPSA) is 26.0 Å². The summed E-state index contributed by atoms with van der Waals surface area (Å²) in [5.74, 6) is 0. The molecule has 0 fully saturated rings. The van der Waals surface area contributed by atoms with Crippen molar-refractivity contribution >= 4 is 23.5 Å². The van der Waals surface area contributed by atoms with E-state index in [1.165, 1.54) is 0 Å². The lowest BCUT2D eigenvalue weighted by molar-refractivity contribution is 0.383. The van der Waals surface area contributed by atoms with Gasteiger partial charge in [0.2, 0.25) is 0 Å². The van der Waals surface area contributed by atoms with Crippen molar-refractivity contribution in [3.8, 4) is 0 Å². The number of rotatable bonds is 4. The molecule has 0 saturated heterocycles. The number of nitrogens with zero attached hydrogens (tertiary/aromatic N) is 1. The van der Waals surface area contributed by atoms with Crippen molar-refractivity contribution in [2.24, 2.45) is 0 Å². The summed E-state index contributed by atoms with van der Waals surface area (Å²) in [7, 11) is 0. The summed E-state index contributed by atoms with van der Waals surface area (Å²) >= 11 is 3.15. The molecule has 0 N–H and O–H groups in total. The lowest BCUT2D eigenvalue weighted by Gasteiger charge is -1.97. The minimum atomic E-state index is 0.687. The molecule has 4 heteroatoms. The first-order valence-electron chi connectivity index (χ1n) is 6.24. The summed E-state index contributed by atoms with van der Waals surface area (Å²) in [6, 6.07) is 20.3. The fourth-order valence-corrected chi connectivity index (χ4v) is 3.36. The molecule has 2 aromatic carbocycles. The molecular formula is C16H13NOS2. The molecule has 0 saturated carbocycles. The van der Waals surface area contributed by atoms with Crippen LogP contribution in [0.4, 0.5) is 0 Å². The molecule has 0 aliphatic heterocycles. The molecule has 0 atom stereocenters. The molecule has 0 aliphatic carbocycles. The summed E-state index contributed by atoms with van der Waals surface area (Å²) in [5, 5.41) is 1.54. The lowest BCUT2D eigenvalue weighted by atomic mass is 10.4. The number of aromatic nitrogens is 1. The van der Waals surface area contributed by atoms with Gasteiger partial charge >= 0.3 is 0 Å². The second-order valence-corrected chi connectivity index (χ2v) is 6.25. The standard InChI is InChI=1S/C16H13NOS2/c1-12-15(19-13-8-4-2-5-9-13)18-16(17-12)20-14-10-6-3-7-11-14/h2-11H,1H3. The third-order valence-electron chi connectivity index (χ3n) is 2.64. The van der Waals surface area contributed by atoms with E-state index in [0.29, 0.717) is 5.22 Å². The van der Waals surface area contributed by atoms with Gasteiger partial charge in [-0.3, -0.25) is 0 Å². The number of hydrogen-bond acceptors (Lipinski definition) is 4. The zero-order valence-corrected chi connectivity index (χ0v) is 12.6. The van der Waals surface area contributed by atoms with Gasteiger partial charge in [0.1, 0.15) is 0 Å². The summed E-state index contributed by atoms with van der Waals surface area (Å²) in [5.41, 5.74) is 0.928. The molecule has 1 heterocycles. The molecule has 100 valence electrons. The Kier molecular flexibility index (Phi) is 4.14. The van der Waals surface area contributed by atoms with E-state index in [2.05, 4.69) is 17.1 Å². The van der Waals surface area contributed by atoms with Crippen molar-refractivity contribution in [1.82, 2.24) is 4.98 Å². The summed E-state index contributed by atoms with van der Waals surface area (Å²) < 4.78 is 5.84. The second kappa shape index (κ2) is 6.20. The van der Waals surface area contributed by atoms with E-state index in [-0.39, 0.29) is 0 Å². The second-order valence-electron chi connectivity index (χ2n) is 4.18. The van der Waals surface area contributed by atoms with Gasteiger partial charge < -0.3 is 4.42 Å². The number of aryl methyl sites for hydroxylation is 1. The maximum absolute atomic E-state index is 5.84. The Hall–Kier alpha value is -1.65. The Morgan fingerprint density at radius 1 is 0.800 bits per heavy atom. The molecule has 0 unspecified atom stereocenters. The van der Waals surface area contributed by atoms with Gasteiger partial charge in [-0.2, -0.15) is 0 Å². The van der Waals surface area contributed by atoms with Gasteiger partial charge in [0.05, 0.1) is 5.69 Å². The maximum atomic E-state index is 5.84. The Labute approximate surface area is 126 Å². The van der Waals surface area contributed by atoms with Gasteiger partial charge in [0, 0.05) is 9.79 Å². The van der Waals surface area contributed by atoms with Crippen LogP contribution in [-0.2, 0) is 0 Å². The van der Waals surface area contributed by atoms with Gasteiger partial charge in [-0.15, -0.1) is 0 Å². The SMILES string of the molecule is Cc1nc(Sc2ccccc2)oc1Sc1ccccc1. The summed E-state index contributed by atoms with van der Waals surface area (Å²) in [6.45, 7) is 1.98. The third-order valence-corrected chi connectivity index (χ3v) is 4.57. The molecule has 0 aliphatic rings. The van der Waals surface area contributed by atoms with Crippen LogP contribution in [0.3, 0.4) is 0 Å². The van der Waals surface area contributed by atoms with E-state index in [1.54, 1.807) is 23.5 Å². The van der Waals surface area contributed by atoms with Crippen molar-refractivity contribution in [2.75, 3.05) is 0 Å². The molecule has 3 rings (SSSR count). The van der Waals surface area contributed by atoms with Gasteiger partial charge in [-0.25, -0.2) is 4.98 Å². The number of hydrogen-bond donors (Lipinski definition) is 0. The highest BCUT2D eigenvalue weighted by atomic mass is 32.2. The smallest absolute Gasteiger partial charge is 0.261 e. The summed E-state index contributed by atoms with van der Waals surface area (Å²) in [6.07, 6.45) is 0. The van der Waals surface area contributed by atoms with Crippen LogP contribution in [0.15, 0.2) is 85.2 Å². The van der Waals surface area contributed by atoms with Crippen LogP contribution in [0, 0.1) is 6.92 Å². The first-order chi connectivity index (χ1) is 9.81. The van der Waals surface area contributed by atoms with Crippen LogP contribution in [0.2, 0.25) is 0 Å². The minimum absolute atomic E-state index is 0.687. The van der Waals surface area contributed by atoms with Crippen molar-refractivity contribution in [3.05, 3.63) is 66.4 Å². The Morgan fingerprint density at radius 3 is 1.95 bits per heavy atom.